The molecule has 0 fully saturated rings. The van der Waals surface area contributed by atoms with Crippen molar-refractivity contribution in [3.63, 3.8) is 0 Å². The summed E-state index contributed by atoms with van der Waals surface area (Å²) in [5, 5.41) is 2.86. The lowest BCUT2D eigenvalue weighted by Crippen LogP contribution is -2.51. The Bertz CT molecular complexity index is 1490. The SMILES string of the molecule is COc1ccc(S(=O)(=O)N(CC(=O)N(Cc2ccccc2C)[C@H](C)C(=O)NCC(C)C)c2ccc(F)cc2)cc1OC. The molecule has 0 unspecified atom stereocenters. The van der Waals surface area contributed by atoms with E-state index in [-0.39, 0.29) is 34.7 Å². The average Bonchev–Trinajstić information content (AvgIpc) is 2.97. The monoisotopic (exact) mass is 599 g/mol. The number of carbonyl (C=O) groups excluding carboxylic acids is 2. The lowest BCUT2D eigenvalue weighted by atomic mass is 10.1. The highest BCUT2D eigenvalue weighted by Gasteiger charge is 2.33. The molecule has 2 amide bonds. The van der Waals surface area contributed by atoms with E-state index in [1.807, 2.05) is 45.0 Å². The largest absolute Gasteiger partial charge is 0.493 e. The molecule has 3 rings (SSSR count). The highest BCUT2D eigenvalue weighted by atomic mass is 32.2. The quantitative estimate of drug-likeness (QED) is 0.310. The Labute approximate surface area is 247 Å². The summed E-state index contributed by atoms with van der Waals surface area (Å²) in [6.07, 6.45) is 0. The number of hydrogen-bond donors (Lipinski definition) is 1. The van der Waals surface area contributed by atoms with Gasteiger partial charge in [0.2, 0.25) is 11.8 Å². The van der Waals surface area contributed by atoms with Gasteiger partial charge < -0.3 is 19.7 Å². The molecular weight excluding hydrogens is 561 g/mol. The molecule has 11 heteroatoms. The topological polar surface area (TPSA) is 105 Å². The molecule has 1 atom stereocenters. The Morgan fingerprint density at radius 3 is 2.17 bits per heavy atom. The summed E-state index contributed by atoms with van der Waals surface area (Å²) in [4.78, 5) is 28.3. The fraction of sp³-hybridized carbons (Fsp3) is 0.355. The van der Waals surface area contributed by atoms with Crippen LogP contribution in [0, 0.1) is 18.7 Å². The van der Waals surface area contributed by atoms with Crippen LogP contribution in [-0.2, 0) is 26.2 Å². The van der Waals surface area contributed by atoms with E-state index < -0.39 is 34.3 Å². The van der Waals surface area contributed by atoms with E-state index in [1.165, 1.54) is 49.5 Å². The van der Waals surface area contributed by atoms with Gasteiger partial charge in [-0.3, -0.25) is 13.9 Å². The summed E-state index contributed by atoms with van der Waals surface area (Å²) >= 11 is 0. The molecule has 0 aromatic heterocycles. The molecule has 0 aliphatic heterocycles. The van der Waals surface area contributed by atoms with Crippen LogP contribution in [0.5, 0.6) is 11.5 Å². The predicted octanol–water partition coefficient (Wildman–Crippen LogP) is 4.54. The summed E-state index contributed by atoms with van der Waals surface area (Å²) in [6.45, 7) is 7.28. The van der Waals surface area contributed by atoms with Gasteiger partial charge in [0.1, 0.15) is 18.4 Å². The molecule has 3 aromatic carbocycles. The number of rotatable bonds is 13. The van der Waals surface area contributed by atoms with Gasteiger partial charge >= 0.3 is 0 Å². The molecule has 0 saturated heterocycles. The standard InChI is InChI=1S/C31H38FN3O6S/c1-21(2)18-33-31(37)23(4)34(19-24-10-8-7-9-22(24)3)30(36)20-35(26-13-11-25(32)12-14-26)42(38,39)27-15-16-28(40-5)29(17-27)41-6/h7-17,21,23H,18-20H2,1-6H3,(H,33,37)/t23-/m1/s1. The molecule has 0 bridgehead atoms. The summed E-state index contributed by atoms with van der Waals surface area (Å²) in [7, 11) is -1.57. The molecule has 0 heterocycles. The van der Waals surface area contributed by atoms with Gasteiger partial charge in [-0.2, -0.15) is 0 Å². The van der Waals surface area contributed by atoms with Crippen molar-refractivity contribution < 1.29 is 31.9 Å². The number of sulfonamides is 1. The lowest BCUT2D eigenvalue weighted by molar-refractivity contribution is -0.139. The summed E-state index contributed by atoms with van der Waals surface area (Å²) in [6, 6.07) is 15.4. The first-order valence-corrected chi connectivity index (χ1v) is 14.9. The van der Waals surface area contributed by atoms with Crippen molar-refractivity contribution in [2.24, 2.45) is 5.92 Å². The zero-order valence-electron chi connectivity index (χ0n) is 24.8. The molecule has 0 saturated carbocycles. The van der Waals surface area contributed by atoms with Gasteiger partial charge in [0.05, 0.1) is 24.8 Å². The minimum Gasteiger partial charge on any atom is -0.493 e. The van der Waals surface area contributed by atoms with Crippen molar-refractivity contribution in [2.75, 3.05) is 31.6 Å². The minimum absolute atomic E-state index is 0.0762. The van der Waals surface area contributed by atoms with Gasteiger partial charge in [-0.15, -0.1) is 0 Å². The first-order valence-electron chi connectivity index (χ1n) is 13.5. The van der Waals surface area contributed by atoms with Gasteiger partial charge in [0, 0.05) is 19.2 Å². The van der Waals surface area contributed by atoms with Crippen LogP contribution >= 0.6 is 0 Å². The van der Waals surface area contributed by atoms with Crippen LogP contribution in [0.3, 0.4) is 0 Å². The number of carbonyl (C=O) groups is 2. The Balaban J connectivity index is 2.06. The van der Waals surface area contributed by atoms with Gasteiger partial charge in [-0.1, -0.05) is 38.1 Å². The fourth-order valence-corrected chi connectivity index (χ4v) is 5.68. The van der Waals surface area contributed by atoms with Crippen LogP contribution in [0.4, 0.5) is 10.1 Å². The van der Waals surface area contributed by atoms with Gasteiger partial charge in [0.15, 0.2) is 11.5 Å². The van der Waals surface area contributed by atoms with Crippen molar-refractivity contribution in [2.45, 2.75) is 45.2 Å². The van der Waals surface area contributed by atoms with Crippen LogP contribution in [0.15, 0.2) is 71.6 Å². The van der Waals surface area contributed by atoms with Gasteiger partial charge in [-0.25, -0.2) is 12.8 Å². The molecule has 0 radical (unpaired) electrons. The van der Waals surface area contributed by atoms with E-state index in [4.69, 9.17) is 9.47 Å². The fourth-order valence-electron chi connectivity index (χ4n) is 4.25. The van der Waals surface area contributed by atoms with E-state index in [1.54, 1.807) is 6.92 Å². The number of nitrogens with one attached hydrogen (secondary N) is 1. The lowest BCUT2D eigenvalue weighted by Gasteiger charge is -2.32. The van der Waals surface area contributed by atoms with Crippen molar-refractivity contribution >= 4 is 27.5 Å². The Hall–Kier alpha value is -4.12. The van der Waals surface area contributed by atoms with Crippen molar-refractivity contribution in [1.82, 2.24) is 10.2 Å². The Morgan fingerprint density at radius 2 is 1.57 bits per heavy atom. The molecular formula is C31H38FN3O6S. The molecule has 0 aliphatic carbocycles. The molecule has 0 spiro atoms. The van der Waals surface area contributed by atoms with E-state index in [9.17, 15) is 22.4 Å². The maximum Gasteiger partial charge on any atom is 0.264 e. The molecule has 9 nitrogen and oxygen atoms in total. The number of ether oxygens (including phenoxy) is 2. The third-order valence-electron chi connectivity index (χ3n) is 6.79. The molecule has 42 heavy (non-hydrogen) atoms. The maximum atomic E-state index is 14.0. The Morgan fingerprint density at radius 1 is 0.929 bits per heavy atom. The van der Waals surface area contributed by atoms with E-state index in [0.29, 0.717) is 12.3 Å². The van der Waals surface area contributed by atoms with Crippen LogP contribution in [0.25, 0.3) is 0 Å². The van der Waals surface area contributed by atoms with Crippen molar-refractivity contribution in [1.29, 1.82) is 0 Å². The molecule has 226 valence electrons. The van der Waals surface area contributed by atoms with Crippen LogP contribution < -0.4 is 19.1 Å². The molecule has 3 aromatic rings. The molecule has 0 aliphatic rings. The summed E-state index contributed by atoms with van der Waals surface area (Å²) in [5.74, 6) is -0.833. The van der Waals surface area contributed by atoms with Crippen LogP contribution in [0.1, 0.15) is 31.9 Å². The second-order valence-electron chi connectivity index (χ2n) is 10.3. The van der Waals surface area contributed by atoms with Crippen molar-refractivity contribution in [3.8, 4) is 11.5 Å². The number of halogens is 1. The van der Waals surface area contributed by atoms with Gasteiger partial charge in [-0.05, 0) is 67.3 Å². The minimum atomic E-state index is -4.37. The Kier molecular flexibility index (Phi) is 10.9. The number of hydrogen-bond acceptors (Lipinski definition) is 6. The zero-order chi connectivity index (χ0) is 31.0. The van der Waals surface area contributed by atoms with Gasteiger partial charge in [0.25, 0.3) is 10.0 Å². The van der Waals surface area contributed by atoms with E-state index in [2.05, 4.69) is 5.32 Å². The second-order valence-corrected chi connectivity index (χ2v) is 12.1. The number of aryl methyl sites for hydroxylation is 1. The molecule has 1 N–H and O–H groups in total. The van der Waals surface area contributed by atoms with Crippen LogP contribution in [-0.4, -0.2) is 58.5 Å². The number of methoxy groups -OCH3 is 2. The highest BCUT2D eigenvalue weighted by Crippen LogP contribution is 2.32. The van der Waals surface area contributed by atoms with Crippen LogP contribution in [0.2, 0.25) is 0 Å². The third kappa shape index (κ3) is 7.79. The van der Waals surface area contributed by atoms with Crippen molar-refractivity contribution in [3.05, 3.63) is 83.7 Å². The maximum absolute atomic E-state index is 14.0. The summed E-state index contributed by atoms with van der Waals surface area (Å²) < 4.78 is 53.3. The highest BCUT2D eigenvalue weighted by molar-refractivity contribution is 7.92. The number of benzene rings is 3. The first kappa shape index (κ1) is 32.4. The second kappa shape index (κ2) is 14.2. The zero-order valence-corrected chi connectivity index (χ0v) is 25.6. The average molecular weight is 600 g/mol. The predicted molar refractivity (Wildman–Crippen MR) is 160 cm³/mol. The normalized spacial score (nSPS) is 12.0. The summed E-state index contributed by atoms with van der Waals surface area (Å²) in [5.41, 5.74) is 1.80. The number of anilines is 1. The first-order chi connectivity index (χ1) is 19.9. The third-order valence-corrected chi connectivity index (χ3v) is 8.56. The van der Waals surface area contributed by atoms with E-state index >= 15 is 0 Å². The van der Waals surface area contributed by atoms with E-state index in [0.717, 1.165) is 27.6 Å². The number of nitrogens with zero attached hydrogens (tertiary/aromatic N) is 2. The smallest absolute Gasteiger partial charge is 0.264 e. The number of amides is 2.